The van der Waals surface area contributed by atoms with E-state index in [4.69, 9.17) is 17.3 Å². The van der Waals surface area contributed by atoms with Crippen molar-refractivity contribution in [2.24, 2.45) is 5.73 Å². The molecule has 0 radical (unpaired) electrons. The Kier molecular flexibility index (Phi) is 3.66. The van der Waals surface area contributed by atoms with E-state index in [9.17, 15) is 9.59 Å². The molecule has 1 heterocycles. The van der Waals surface area contributed by atoms with Crippen LogP contribution in [0, 0.1) is 6.92 Å². The van der Waals surface area contributed by atoms with Gasteiger partial charge < -0.3 is 15.5 Å². The van der Waals surface area contributed by atoms with Gasteiger partial charge in [-0.05, 0) is 24.1 Å². The third-order valence-electron chi connectivity index (χ3n) is 3.50. The van der Waals surface area contributed by atoms with Crippen molar-refractivity contribution in [1.29, 1.82) is 0 Å². The molecule has 1 aliphatic heterocycles. The summed E-state index contributed by atoms with van der Waals surface area (Å²) in [5.74, 6) is -0.485. The number of nitrogens with zero attached hydrogens (tertiary/aromatic N) is 2. The Labute approximate surface area is 116 Å². The second-order valence-corrected chi connectivity index (χ2v) is 5.12. The van der Waals surface area contributed by atoms with Gasteiger partial charge in [-0.2, -0.15) is 0 Å². The molecule has 2 rings (SSSR count). The Balaban J connectivity index is 2.18. The number of rotatable bonds is 3. The minimum absolute atomic E-state index is 0.192. The molecule has 1 aromatic rings. The van der Waals surface area contributed by atoms with Crippen LogP contribution in [0.3, 0.4) is 0 Å². The Morgan fingerprint density at radius 3 is 2.79 bits per heavy atom. The minimum atomic E-state index is -0.563. The van der Waals surface area contributed by atoms with E-state index in [1.807, 2.05) is 25.1 Å². The van der Waals surface area contributed by atoms with Crippen LogP contribution in [0.1, 0.15) is 11.1 Å². The zero-order valence-electron chi connectivity index (χ0n) is 10.9. The molecule has 0 bridgehead atoms. The van der Waals surface area contributed by atoms with Gasteiger partial charge in [0.15, 0.2) is 0 Å². The highest BCUT2D eigenvalue weighted by molar-refractivity contribution is 6.31. The Morgan fingerprint density at radius 2 is 2.21 bits per heavy atom. The molecular weight excluding hydrogens is 266 g/mol. The summed E-state index contributed by atoms with van der Waals surface area (Å²) in [6.45, 7) is 2.66. The Bertz CT molecular complexity index is 533. The van der Waals surface area contributed by atoms with E-state index >= 15 is 0 Å². The molecule has 0 aromatic heterocycles. The summed E-state index contributed by atoms with van der Waals surface area (Å²) in [5.41, 5.74) is 7.20. The normalized spacial score (nSPS) is 19.1. The first-order valence-corrected chi connectivity index (χ1v) is 6.34. The molecule has 1 saturated heterocycles. The van der Waals surface area contributed by atoms with Crippen LogP contribution in [0.5, 0.6) is 0 Å². The maximum Gasteiger partial charge on any atom is 0.320 e. The van der Waals surface area contributed by atoms with Gasteiger partial charge in [-0.3, -0.25) is 4.79 Å². The monoisotopic (exact) mass is 281 g/mol. The molecule has 1 aliphatic rings. The summed E-state index contributed by atoms with van der Waals surface area (Å²) in [7, 11) is 1.59. The molecule has 1 aromatic carbocycles. The lowest BCUT2D eigenvalue weighted by atomic mass is 10.1. The fourth-order valence-electron chi connectivity index (χ4n) is 2.21. The number of primary amides is 1. The number of carbonyl (C=O) groups is 2. The van der Waals surface area contributed by atoms with Crippen LogP contribution in [0.2, 0.25) is 5.02 Å². The molecule has 1 atom stereocenters. The van der Waals surface area contributed by atoms with E-state index in [2.05, 4.69) is 0 Å². The van der Waals surface area contributed by atoms with Gasteiger partial charge in [0.1, 0.15) is 6.04 Å². The van der Waals surface area contributed by atoms with Crippen molar-refractivity contribution in [2.45, 2.75) is 19.5 Å². The first-order valence-electron chi connectivity index (χ1n) is 5.97. The SMILES string of the molecule is Cc1c(Cl)cccc1CN1CC(C(N)=O)N(C)C1=O. The number of likely N-dealkylation sites (N-methyl/N-ethyl adjacent to an activating group) is 1. The van der Waals surface area contributed by atoms with E-state index in [0.717, 1.165) is 11.1 Å². The van der Waals surface area contributed by atoms with E-state index in [-0.39, 0.29) is 6.03 Å². The third-order valence-corrected chi connectivity index (χ3v) is 3.91. The van der Waals surface area contributed by atoms with Crippen LogP contribution < -0.4 is 5.73 Å². The number of hydrogen-bond acceptors (Lipinski definition) is 2. The van der Waals surface area contributed by atoms with Gasteiger partial charge in [-0.25, -0.2) is 4.79 Å². The number of hydrogen-bond donors (Lipinski definition) is 1. The molecule has 0 spiro atoms. The minimum Gasteiger partial charge on any atom is -0.368 e. The van der Waals surface area contributed by atoms with Crippen molar-refractivity contribution >= 4 is 23.5 Å². The molecule has 0 saturated carbocycles. The molecule has 102 valence electrons. The average molecular weight is 282 g/mol. The second-order valence-electron chi connectivity index (χ2n) is 4.72. The summed E-state index contributed by atoms with van der Waals surface area (Å²) in [4.78, 5) is 26.3. The fourth-order valence-corrected chi connectivity index (χ4v) is 2.40. The van der Waals surface area contributed by atoms with Gasteiger partial charge in [-0.1, -0.05) is 23.7 Å². The lowest BCUT2D eigenvalue weighted by Crippen LogP contribution is -2.40. The predicted octanol–water partition coefficient (Wildman–Crippen LogP) is 1.37. The summed E-state index contributed by atoms with van der Waals surface area (Å²) in [6.07, 6.45) is 0. The predicted molar refractivity (Wildman–Crippen MR) is 72.7 cm³/mol. The molecule has 3 amide bonds. The van der Waals surface area contributed by atoms with E-state index in [1.165, 1.54) is 4.90 Å². The lowest BCUT2D eigenvalue weighted by molar-refractivity contribution is -0.121. The topological polar surface area (TPSA) is 66.6 Å². The fraction of sp³-hybridized carbons (Fsp3) is 0.385. The number of amides is 3. The van der Waals surface area contributed by atoms with Gasteiger partial charge in [-0.15, -0.1) is 0 Å². The highest BCUT2D eigenvalue weighted by Gasteiger charge is 2.37. The summed E-state index contributed by atoms with van der Waals surface area (Å²) in [6, 6.07) is 4.83. The number of halogens is 1. The highest BCUT2D eigenvalue weighted by Crippen LogP contribution is 2.23. The molecule has 1 fully saturated rings. The zero-order chi connectivity index (χ0) is 14.2. The number of urea groups is 1. The Hall–Kier alpha value is -1.75. The summed E-state index contributed by atoms with van der Waals surface area (Å²) in [5, 5.41) is 0.670. The summed E-state index contributed by atoms with van der Waals surface area (Å²) < 4.78 is 0. The maximum atomic E-state index is 12.0. The average Bonchev–Trinajstić information content (AvgIpc) is 2.63. The van der Waals surface area contributed by atoms with Crippen LogP contribution >= 0.6 is 11.6 Å². The molecule has 6 heteroatoms. The number of carbonyl (C=O) groups excluding carboxylic acids is 2. The van der Waals surface area contributed by atoms with Crippen molar-refractivity contribution in [3.63, 3.8) is 0 Å². The quantitative estimate of drug-likeness (QED) is 0.909. The molecule has 0 aliphatic carbocycles. The number of nitrogens with two attached hydrogens (primary N) is 1. The van der Waals surface area contributed by atoms with Crippen LogP contribution in [0.15, 0.2) is 18.2 Å². The van der Waals surface area contributed by atoms with Crippen LogP contribution in [0.25, 0.3) is 0 Å². The van der Waals surface area contributed by atoms with Gasteiger partial charge in [0.05, 0.1) is 6.54 Å². The number of benzene rings is 1. The van der Waals surface area contributed by atoms with Crippen molar-refractivity contribution in [2.75, 3.05) is 13.6 Å². The van der Waals surface area contributed by atoms with E-state index in [0.29, 0.717) is 18.1 Å². The second kappa shape index (κ2) is 5.09. The van der Waals surface area contributed by atoms with Crippen LogP contribution in [-0.4, -0.2) is 41.4 Å². The molecule has 1 unspecified atom stereocenters. The van der Waals surface area contributed by atoms with Crippen molar-refractivity contribution in [3.8, 4) is 0 Å². The van der Waals surface area contributed by atoms with Gasteiger partial charge in [0, 0.05) is 18.6 Å². The lowest BCUT2D eigenvalue weighted by Gasteiger charge is -2.17. The van der Waals surface area contributed by atoms with Crippen LogP contribution in [0.4, 0.5) is 4.79 Å². The molecular formula is C13H16ClN3O2. The maximum absolute atomic E-state index is 12.0. The van der Waals surface area contributed by atoms with Crippen LogP contribution in [-0.2, 0) is 11.3 Å². The largest absolute Gasteiger partial charge is 0.368 e. The Morgan fingerprint density at radius 1 is 1.53 bits per heavy atom. The standard InChI is InChI=1S/C13H16ClN3O2/c1-8-9(4-3-5-10(8)14)6-17-7-11(12(15)18)16(2)13(17)19/h3-5,11H,6-7H2,1-2H3,(H2,15,18). The molecule has 19 heavy (non-hydrogen) atoms. The zero-order valence-corrected chi connectivity index (χ0v) is 11.6. The van der Waals surface area contributed by atoms with Crippen molar-refractivity contribution in [3.05, 3.63) is 34.3 Å². The highest BCUT2D eigenvalue weighted by atomic mass is 35.5. The van der Waals surface area contributed by atoms with E-state index in [1.54, 1.807) is 11.9 Å². The first kappa shape index (κ1) is 13.7. The summed E-state index contributed by atoms with van der Waals surface area (Å²) >= 11 is 6.06. The molecule has 2 N–H and O–H groups in total. The van der Waals surface area contributed by atoms with Gasteiger partial charge >= 0.3 is 6.03 Å². The molecule has 5 nitrogen and oxygen atoms in total. The van der Waals surface area contributed by atoms with Gasteiger partial charge in [0.2, 0.25) is 5.91 Å². The smallest absolute Gasteiger partial charge is 0.320 e. The van der Waals surface area contributed by atoms with Crippen molar-refractivity contribution in [1.82, 2.24) is 9.80 Å². The third kappa shape index (κ3) is 2.51. The first-order chi connectivity index (χ1) is 8.91. The van der Waals surface area contributed by atoms with E-state index < -0.39 is 11.9 Å². The van der Waals surface area contributed by atoms with Crippen molar-refractivity contribution < 1.29 is 9.59 Å². The van der Waals surface area contributed by atoms with Gasteiger partial charge in [0.25, 0.3) is 0 Å².